The molecular weight excluding hydrogens is 491 g/mol. The molecule has 2 fully saturated rings. The van der Waals surface area contributed by atoms with Crippen molar-refractivity contribution in [2.24, 2.45) is 5.92 Å². The van der Waals surface area contributed by atoms with Gasteiger partial charge in [-0.15, -0.1) is 0 Å². The van der Waals surface area contributed by atoms with Crippen LogP contribution in [0.4, 0.5) is 11.4 Å². The highest BCUT2D eigenvalue weighted by Gasteiger charge is 2.54. The molecule has 0 spiro atoms. The van der Waals surface area contributed by atoms with Gasteiger partial charge in [0.15, 0.2) is 5.69 Å². The molecule has 1 aromatic heterocycles. The van der Waals surface area contributed by atoms with E-state index in [0.29, 0.717) is 10.4 Å². The molecule has 0 radical (unpaired) electrons. The number of carboxylic acids is 1. The van der Waals surface area contributed by atoms with Crippen LogP contribution in [0.2, 0.25) is 0 Å². The predicted octanol–water partition coefficient (Wildman–Crippen LogP) is 5.50. The first kappa shape index (κ1) is 26.2. The Bertz CT molecular complexity index is 1400. The molecule has 2 aromatic carbocycles. The summed E-state index contributed by atoms with van der Waals surface area (Å²) >= 11 is 0. The number of aromatic carboxylic acids is 1. The zero-order chi connectivity index (χ0) is 27.6. The van der Waals surface area contributed by atoms with Gasteiger partial charge in [-0.1, -0.05) is 30.3 Å². The molecular formula is C31H36BN2O5+. The lowest BCUT2D eigenvalue weighted by molar-refractivity contribution is 0.00578. The highest BCUT2D eigenvalue weighted by atomic mass is 16.7. The van der Waals surface area contributed by atoms with Gasteiger partial charge in [-0.05, 0) is 52.7 Å². The summed E-state index contributed by atoms with van der Waals surface area (Å²) in [6.45, 7) is 9.63. The second-order valence-corrected chi connectivity index (χ2v) is 12.1. The number of benzene rings is 2. The number of hydrogen-bond donors (Lipinski definition) is 1. The van der Waals surface area contributed by atoms with E-state index < -0.39 is 24.3 Å². The summed E-state index contributed by atoms with van der Waals surface area (Å²) in [6, 6.07) is 18.2. The molecule has 3 aromatic rings. The molecule has 7 nitrogen and oxygen atoms in total. The van der Waals surface area contributed by atoms with Crippen molar-refractivity contribution in [2.45, 2.75) is 57.8 Å². The molecule has 39 heavy (non-hydrogen) atoms. The zero-order valence-electron chi connectivity index (χ0n) is 23.3. The van der Waals surface area contributed by atoms with E-state index in [1.165, 1.54) is 5.56 Å². The van der Waals surface area contributed by atoms with Crippen molar-refractivity contribution in [3.8, 4) is 11.3 Å². The minimum atomic E-state index is -0.937. The molecule has 0 saturated carbocycles. The lowest BCUT2D eigenvalue weighted by Crippen LogP contribution is -2.47. The van der Waals surface area contributed by atoms with E-state index in [4.69, 9.17) is 19.0 Å². The van der Waals surface area contributed by atoms with Gasteiger partial charge in [0.1, 0.15) is 17.4 Å². The SMILES string of the molecule is CC1(C)OB(c2cnc3c(c2)[N+](C)(C(c2ccccc2)C2CCOCC2)c2cc(C(=O)O)ccc2-3)OC1(C)C. The standard InChI is InChI=1S/C31H35BN2O5/c1-30(2)31(3,4)39-32(38-30)23-18-26-27(33-19-23)24-12-11-22(29(35)36)17-25(24)34(26,5)28(20-9-7-6-8-10-20)21-13-15-37-16-14-21/h6-12,17-19,21,28H,13-16H2,1-5H3/p+1. The third-order valence-electron chi connectivity index (χ3n) is 9.32. The van der Waals surface area contributed by atoms with Gasteiger partial charge in [0.2, 0.25) is 0 Å². The zero-order valence-corrected chi connectivity index (χ0v) is 23.3. The van der Waals surface area contributed by atoms with Gasteiger partial charge >= 0.3 is 13.1 Å². The Labute approximate surface area is 230 Å². The first-order chi connectivity index (χ1) is 18.5. The number of hydrogen-bond acceptors (Lipinski definition) is 5. The summed E-state index contributed by atoms with van der Waals surface area (Å²) in [5.41, 5.74) is 5.23. The second-order valence-electron chi connectivity index (χ2n) is 12.1. The summed E-state index contributed by atoms with van der Waals surface area (Å²) in [6.07, 6.45) is 3.71. The van der Waals surface area contributed by atoms with Crippen LogP contribution in [0.1, 0.15) is 62.5 Å². The number of fused-ring (bicyclic) bond motifs is 3. The summed E-state index contributed by atoms with van der Waals surface area (Å²) in [5.74, 6) is -0.604. The maximum atomic E-state index is 12.1. The molecule has 2 atom stereocenters. The van der Waals surface area contributed by atoms with Crippen molar-refractivity contribution in [3.05, 3.63) is 71.9 Å². The monoisotopic (exact) mass is 527 g/mol. The Morgan fingerprint density at radius 1 is 1.00 bits per heavy atom. The highest BCUT2D eigenvalue weighted by Crippen LogP contribution is 2.58. The minimum absolute atomic E-state index is 0.0366. The van der Waals surface area contributed by atoms with E-state index >= 15 is 0 Å². The highest BCUT2D eigenvalue weighted by molar-refractivity contribution is 6.62. The van der Waals surface area contributed by atoms with Crippen LogP contribution in [-0.4, -0.2) is 54.6 Å². The van der Waals surface area contributed by atoms with Crippen LogP contribution in [0.25, 0.3) is 11.3 Å². The van der Waals surface area contributed by atoms with Crippen LogP contribution >= 0.6 is 0 Å². The van der Waals surface area contributed by atoms with Gasteiger partial charge in [-0.3, -0.25) is 9.47 Å². The summed E-state index contributed by atoms with van der Waals surface area (Å²) in [5, 5.41) is 9.92. The summed E-state index contributed by atoms with van der Waals surface area (Å²) in [7, 11) is 1.66. The molecule has 3 aliphatic rings. The first-order valence-corrected chi connectivity index (χ1v) is 13.8. The van der Waals surface area contributed by atoms with Crippen LogP contribution in [0.3, 0.4) is 0 Å². The van der Waals surface area contributed by atoms with Crippen LogP contribution in [0.5, 0.6) is 0 Å². The fraction of sp³-hybridized carbons (Fsp3) is 0.419. The number of quaternary nitrogens is 1. The van der Waals surface area contributed by atoms with Crippen LogP contribution in [0.15, 0.2) is 60.8 Å². The number of rotatable bonds is 5. The maximum absolute atomic E-state index is 12.1. The Hall–Kier alpha value is -3.04. The van der Waals surface area contributed by atoms with Crippen LogP contribution < -0.4 is 9.95 Å². The predicted molar refractivity (Wildman–Crippen MR) is 152 cm³/mol. The van der Waals surface area contributed by atoms with Gasteiger partial charge < -0.3 is 19.2 Å². The van der Waals surface area contributed by atoms with E-state index in [1.54, 1.807) is 6.07 Å². The fourth-order valence-corrected chi connectivity index (χ4v) is 6.49. The number of carbonyl (C=O) groups is 1. The molecule has 1 N–H and O–H groups in total. The van der Waals surface area contributed by atoms with Gasteiger partial charge in [-0.2, -0.15) is 0 Å². The van der Waals surface area contributed by atoms with Crippen molar-refractivity contribution in [1.29, 1.82) is 0 Å². The number of carboxylic acid groups (broad SMARTS) is 1. The van der Waals surface area contributed by atoms with E-state index in [9.17, 15) is 9.90 Å². The lowest BCUT2D eigenvalue weighted by atomic mass is 9.79. The van der Waals surface area contributed by atoms with Crippen molar-refractivity contribution in [3.63, 3.8) is 0 Å². The molecule has 0 bridgehead atoms. The maximum Gasteiger partial charge on any atom is 0.496 e. The largest absolute Gasteiger partial charge is 0.496 e. The Kier molecular flexibility index (Phi) is 6.23. The number of pyridine rings is 1. The summed E-state index contributed by atoms with van der Waals surface area (Å²) < 4.78 is 19.0. The van der Waals surface area contributed by atoms with Crippen molar-refractivity contribution in [2.75, 3.05) is 20.3 Å². The average Bonchev–Trinajstić information content (AvgIpc) is 3.30. The Morgan fingerprint density at radius 3 is 2.31 bits per heavy atom. The molecule has 6 rings (SSSR count). The smallest absolute Gasteiger partial charge is 0.478 e. The molecule has 2 unspecified atom stereocenters. The average molecular weight is 527 g/mol. The van der Waals surface area contributed by atoms with Crippen molar-refractivity contribution >= 4 is 29.9 Å². The Morgan fingerprint density at radius 2 is 1.67 bits per heavy atom. The fourth-order valence-electron chi connectivity index (χ4n) is 6.49. The van der Waals surface area contributed by atoms with Crippen molar-refractivity contribution in [1.82, 2.24) is 9.47 Å². The quantitative estimate of drug-likeness (QED) is 0.349. The number of ether oxygens (including phenoxy) is 1. The van der Waals surface area contributed by atoms with E-state index in [1.807, 2.05) is 52.1 Å². The van der Waals surface area contributed by atoms with Gasteiger partial charge in [0, 0.05) is 48.5 Å². The molecule has 4 heterocycles. The normalized spacial score (nSPS) is 24.3. The minimum Gasteiger partial charge on any atom is -0.478 e. The molecule has 3 aliphatic heterocycles. The molecule has 0 aliphatic carbocycles. The van der Waals surface area contributed by atoms with E-state index in [2.05, 4.69) is 37.4 Å². The molecule has 202 valence electrons. The van der Waals surface area contributed by atoms with E-state index in [0.717, 1.165) is 54.2 Å². The lowest BCUT2D eigenvalue weighted by Gasteiger charge is -2.43. The second kappa shape index (κ2) is 9.27. The third kappa shape index (κ3) is 4.13. The molecule has 8 heteroatoms. The molecule has 0 amide bonds. The van der Waals surface area contributed by atoms with Crippen molar-refractivity contribution < 1.29 is 23.9 Å². The third-order valence-corrected chi connectivity index (χ3v) is 9.32. The summed E-state index contributed by atoms with van der Waals surface area (Å²) in [4.78, 5) is 17.1. The first-order valence-electron chi connectivity index (χ1n) is 13.8. The van der Waals surface area contributed by atoms with Crippen LogP contribution in [-0.2, 0) is 14.0 Å². The van der Waals surface area contributed by atoms with E-state index in [-0.39, 0.29) is 11.6 Å². The Balaban J connectivity index is 1.56. The topological polar surface area (TPSA) is 77.9 Å². The van der Waals surface area contributed by atoms with Gasteiger partial charge in [-0.25, -0.2) is 4.79 Å². The van der Waals surface area contributed by atoms with Gasteiger partial charge in [0.05, 0.1) is 29.4 Å². The number of nitrogens with zero attached hydrogens (tertiary/aromatic N) is 2. The van der Waals surface area contributed by atoms with Crippen LogP contribution in [0, 0.1) is 5.92 Å². The van der Waals surface area contributed by atoms with Gasteiger partial charge in [0.25, 0.3) is 0 Å². The molecule has 2 saturated heterocycles. The number of aromatic nitrogens is 1.